The molecule has 0 radical (unpaired) electrons. The molecule has 1 N–H and O–H groups in total. The molecule has 27 heavy (non-hydrogen) atoms. The number of halogens is 3. The van der Waals surface area contributed by atoms with Crippen LogP contribution in [0.15, 0.2) is 24.3 Å². The monoisotopic (exact) mass is 379 g/mol. The van der Waals surface area contributed by atoms with E-state index in [1.54, 1.807) is 6.07 Å². The summed E-state index contributed by atoms with van der Waals surface area (Å²) in [5.74, 6) is -7.31. The maximum Gasteiger partial charge on any atom is 0.308 e. The first kappa shape index (κ1) is 18.4. The van der Waals surface area contributed by atoms with E-state index in [0.29, 0.717) is 24.7 Å². The third kappa shape index (κ3) is 3.21. The lowest BCUT2D eigenvalue weighted by molar-refractivity contribution is -0.387. The highest BCUT2D eigenvalue weighted by molar-refractivity contribution is 6.05. The summed E-state index contributed by atoms with van der Waals surface area (Å²) < 4.78 is 40.9. The van der Waals surface area contributed by atoms with Crippen LogP contribution < -0.4 is 10.2 Å². The fourth-order valence-electron chi connectivity index (χ4n) is 2.87. The zero-order valence-electron chi connectivity index (χ0n) is 13.9. The van der Waals surface area contributed by atoms with Crippen LogP contribution in [0.4, 0.5) is 30.2 Å². The van der Waals surface area contributed by atoms with Crippen molar-refractivity contribution in [3.63, 3.8) is 0 Å². The fraction of sp³-hybridized carbons (Fsp3) is 0.176. The molecule has 7 nitrogen and oxygen atoms in total. The summed E-state index contributed by atoms with van der Waals surface area (Å²) in [7, 11) is 0. The molecule has 0 saturated carbocycles. The van der Waals surface area contributed by atoms with Crippen LogP contribution in [0.1, 0.15) is 22.8 Å². The van der Waals surface area contributed by atoms with E-state index in [0.717, 1.165) is 5.56 Å². The Morgan fingerprint density at radius 3 is 2.48 bits per heavy atom. The van der Waals surface area contributed by atoms with E-state index in [1.165, 1.54) is 24.0 Å². The molecule has 140 valence electrons. The van der Waals surface area contributed by atoms with Gasteiger partial charge in [0.05, 0.1) is 10.5 Å². The molecule has 0 fully saturated rings. The number of carbonyl (C=O) groups excluding carboxylic acids is 2. The Bertz CT molecular complexity index is 994. The Balaban J connectivity index is 1.94. The minimum Gasteiger partial charge on any atom is -0.322 e. The highest BCUT2D eigenvalue weighted by atomic mass is 19.2. The van der Waals surface area contributed by atoms with Crippen LogP contribution in [0.25, 0.3) is 0 Å². The van der Waals surface area contributed by atoms with Gasteiger partial charge >= 0.3 is 5.69 Å². The summed E-state index contributed by atoms with van der Waals surface area (Å²) in [6.45, 7) is 1.86. The first-order valence-corrected chi connectivity index (χ1v) is 7.75. The third-order valence-electron chi connectivity index (χ3n) is 4.19. The SMILES string of the molecule is CC(=O)N1CCc2ccc(NC(=O)c3cc([N+](=O)[O-])c(F)c(F)c3F)cc21. The van der Waals surface area contributed by atoms with Gasteiger partial charge in [-0.2, -0.15) is 4.39 Å². The lowest BCUT2D eigenvalue weighted by atomic mass is 10.1. The fourth-order valence-corrected chi connectivity index (χ4v) is 2.87. The maximum atomic E-state index is 13.9. The van der Waals surface area contributed by atoms with Crippen molar-refractivity contribution >= 4 is 28.9 Å². The van der Waals surface area contributed by atoms with Crippen LogP contribution in [-0.2, 0) is 11.2 Å². The van der Waals surface area contributed by atoms with Gasteiger partial charge in [-0.1, -0.05) is 6.07 Å². The van der Waals surface area contributed by atoms with Crippen molar-refractivity contribution in [1.29, 1.82) is 0 Å². The first-order valence-electron chi connectivity index (χ1n) is 7.75. The summed E-state index contributed by atoms with van der Waals surface area (Å²) in [6.07, 6.45) is 0.632. The number of nitrogens with zero attached hydrogens (tertiary/aromatic N) is 2. The lowest BCUT2D eigenvalue weighted by Gasteiger charge is -2.16. The molecule has 2 amide bonds. The Labute approximate surface area is 150 Å². The summed E-state index contributed by atoms with van der Waals surface area (Å²) in [6, 6.07) is 4.97. The number of nitrogens with one attached hydrogen (secondary N) is 1. The number of anilines is 2. The molecule has 1 aliphatic rings. The highest BCUT2D eigenvalue weighted by Gasteiger charge is 2.29. The van der Waals surface area contributed by atoms with Crippen LogP contribution in [-0.4, -0.2) is 23.3 Å². The van der Waals surface area contributed by atoms with Crippen molar-refractivity contribution in [2.75, 3.05) is 16.8 Å². The van der Waals surface area contributed by atoms with E-state index in [9.17, 15) is 32.9 Å². The van der Waals surface area contributed by atoms with Crippen molar-refractivity contribution in [2.24, 2.45) is 0 Å². The number of nitro benzene ring substituents is 1. The summed E-state index contributed by atoms with van der Waals surface area (Å²) in [5.41, 5.74) is -0.756. The van der Waals surface area contributed by atoms with Crippen molar-refractivity contribution in [3.8, 4) is 0 Å². The average Bonchev–Trinajstić information content (AvgIpc) is 3.03. The Hall–Kier alpha value is -3.43. The van der Waals surface area contributed by atoms with Crippen molar-refractivity contribution in [2.45, 2.75) is 13.3 Å². The van der Waals surface area contributed by atoms with Crippen molar-refractivity contribution in [1.82, 2.24) is 0 Å². The van der Waals surface area contributed by atoms with Gasteiger partial charge in [0.2, 0.25) is 17.5 Å². The minimum absolute atomic E-state index is 0.165. The zero-order valence-corrected chi connectivity index (χ0v) is 13.9. The number of carbonyl (C=O) groups is 2. The molecule has 2 aromatic carbocycles. The van der Waals surface area contributed by atoms with Gasteiger partial charge in [-0.25, -0.2) is 8.78 Å². The number of fused-ring (bicyclic) bond motifs is 1. The zero-order chi connectivity index (χ0) is 19.9. The topological polar surface area (TPSA) is 92.6 Å². The van der Waals surface area contributed by atoms with Crippen LogP contribution in [0.2, 0.25) is 0 Å². The Morgan fingerprint density at radius 2 is 1.85 bits per heavy atom. The molecule has 0 aliphatic carbocycles. The first-order chi connectivity index (χ1) is 12.7. The molecule has 0 unspecified atom stereocenters. The minimum atomic E-state index is -2.11. The standard InChI is InChI=1S/C17H12F3N3O4/c1-8(24)22-5-4-9-2-3-10(6-12(9)22)21-17(25)11-7-13(23(26)27)15(19)16(20)14(11)18/h2-3,6-7H,4-5H2,1H3,(H,21,25). The van der Waals surface area contributed by atoms with E-state index in [4.69, 9.17) is 0 Å². The lowest BCUT2D eigenvalue weighted by Crippen LogP contribution is -2.25. The predicted octanol–water partition coefficient (Wildman–Crippen LogP) is 3.17. The van der Waals surface area contributed by atoms with Gasteiger partial charge in [-0.05, 0) is 24.1 Å². The molecule has 1 heterocycles. The summed E-state index contributed by atoms with van der Waals surface area (Å²) in [4.78, 5) is 34.9. The van der Waals surface area contributed by atoms with E-state index in [2.05, 4.69) is 5.32 Å². The molecule has 0 saturated heterocycles. The van der Waals surface area contributed by atoms with Gasteiger partial charge in [-0.15, -0.1) is 0 Å². The number of benzene rings is 2. The number of hydrogen-bond donors (Lipinski definition) is 1. The molecule has 2 aromatic rings. The average molecular weight is 379 g/mol. The van der Waals surface area contributed by atoms with Crippen molar-refractivity contribution in [3.05, 3.63) is 63.0 Å². The largest absolute Gasteiger partial charge is 0.322 e. The van der Waals surface area contributed by atoms with E-state index >= 15 is 0 Å². The number of amides is 2. The second-order valence-electron chi connectivity index (χ2n) is 5.86. The third-order valence-corrected chi connectivity index (χ3v) is 4.19. The predicted molar refractivity (Wildman–Crippen MR) is 89.1 cm³/mol. The quantitative estimate of drug-likeness (QED) is 0.504. The summed E-state index contributed by atoms with van der Waals surface area (Å²) in [5, 5.41) is 13.0. The molecule has 10 heteroatoms. The molecular weight excluding hydrogens is 367 g/mol. The number of hydrogen-bond acceptors (Lipinski definition) is 4. The molecule has 0 atom stereocenters. The van der Waals surface area contributed by atoms with Gasteiger partial charge < -0.3 is 10.2 Å². The van der Waals surface area contributed by atoms with Gasteiger partial charge in [-0.3, -0.25) is 19.7 Å². The van der Waals surface area contributed by atoms with E-state index in [1.807, 2.05) is 0 Å². The van der Waals surface area contributed by atoms with Crippen LogP contribution in [0.3, 0.4) is 0 Å². The molecule has 0 bridgehead atoms. The van der Waals surface area contributed by atoms with Crippen LogP contribution in [0, 0.1) is 27.6 Å². The van der Waals surface area contributed by atoms with Gasteiger partial charge in [0.1, 0.15) is 0 Å². The van der Waals surface area contributed by atoms with Gasteiger partial charge in [0.25, 0.3) is 5.91 Å². The van der Waals surface area contributed by atoms with Gasteiger partial charge in [0, 0.05) is 30.9 Å². The van der Waals surface area contributed by atoms with Gasteiger partial charge in [0.15, 0.2) is 5.82 Å². The normalized spacial score (nSPS) is 12.7. The van der Waals surface area contributed by atoms with E-state index < -0.39 is 39.5 Å². The smallest absolute Gasteiger partial charge is 0.308 e. The molecule has 3 rings (SSSR count). The number of nitro groups is 1. The van der Waals surface area contributed by atoms with Crippen LogP contribution >= 0.6 is 0 Å². The molecular formula is C17H12F3N3O4. The highest BCUT2D eigenvalue weighted by Crippen LogP contribution is 2.31. The summed E-state index contributed by atoms with van der Waals surface area (Å²) >= 11 is 0. The van der Waals surface area contributed by atoms with E-state index in [-0.39, 0.29) is 11.6 Å². The number of rotatable bonds is 3. The second-order valence-corrected chi connectivity index (χ2v) is 5.86. The Morgan fingerprint density at radius 1 is 1.15 bits per heavy atom. The Kier molecular flexibility index (Phi) is 4.56. The second kappa shape index (κ2) is 6.71. The van der Waals surface area contributed by atoms with Crippen LogP contribution in [0.5, 0.6) is 0 Å². The van der Waals surface area contributed by atoms with Crippen molar-refractivity contribution < 1.29 is 27.7 Å². The maximum absolute atomic E-state index is 13.9. The molecule has 0 aromatic heterocycles. The molecule has 0 spiro atoms. The molecule has 1 aliphatic heterocycles.